The number of aliphatic hydroxyl groups excluding tert-OH is 2. The van der Waals surface area contributed by atoms with Crippen molar-refractivity contribution < 1.29 is 29.3 Å². The lowest BCUT2D eigenvalue weighted by Gasteiger charge is -2.20. The summed E-state index contributed by atoms with van der Waals surface area (Å²) in [4.78, 5) is 31.1. The van der Waals surface area contributed by atoms with E-state index in [4.69, 9.17) is 10.1 Å². The van der Waals surface area contributed by atoms with Gasteiger partial charge < -0.3 is 24.8 Å². The van der Waals surface area contributed by atoms with Crippen LogP contribution in [0.4, 0.5) is 4.39 Å². The highest BCUT2D eigenvalue weighted by Gasteiger charge is 2.31. The quantitative estimate of drug-likeness (QED) is 0.381. The molecule has 3 N–H and O–H groups in total. The molecule has 196 valence electrons. The van der Waals surface area contributed by atoms with Gasteiger partial charge in [0.2, 0.25) is 0 Å². The van der Waals surface area contributed by atoms with E-state index < -0.39 is 24.6 Å². The van der Waals surface area contributed by atoms with Crippen molar-refractivity contribution in [3.05, 3.63) is 76.9 Å². The molecule has 0 fully saturated rings. The molecule has 2 aromatic carbocycles. The lowest BCUT2D eigenvalue weighted by Crippen LogP contribution is -2.27. The van der Waals surface area contributed by atoms with Crippen molar-refractivity contribution in [1.82, 2.24) is 14.5 Å². The first-order chi connectivity index (χ1) is 17.6. The third-order valence-corrected chi connectivity index (χ3v) is 6.63. The summed E-state index contributed by atoms with van der Waals surface area (Å²) < 4.78 is 15.5. The number of rotatable bonds is 10. The van der Waals surface area contributed by atoms with Gasteiger partial charge in [0.05, 0.1) is 24.3 Å². The third-order valence-electron chi connectivity index (χ3n) is 6.63. The average molecular weight is 510 g/mol. The second kappa shape index (κ2) is 11.2. The number of carboxylic acids is 1. The molecule has 1 aliphatic rings. The van der Waals surface area contributed by atoms with Crippen molar-refractivity contribution in [2.24, 2.45) is 0 Å². The molecule has 3 aromatic rings. The Morgan fingerprint density at radius 2 is 1.62 bits per heavy atom. The molecular formula is C28H32FN3O5. The monoisotopic (exact) mass is 509 g/mol. The number of benzene rings is 2. The van der Waals surface area contributed by atoms with E-state index in [1.54, 1.807) is 17.0 Å². The fraction of sp³-hybridized carbons (Fsp3) is 0.393. The Labute approximate surface area is 215 Å². The van der Waals surface area contributed by atoms with E-state index in [0.717, 1.165) is 11.1 Å². The molecule has 4 rings (SSSR count). The Bertz CT molecular complexity index is 1250. The van der Waals surface area contributed by atoms with Crippen molar-refractivity contribution in [3.8, 4) is 11.4 Å². The molecule has 1 amide bonds. The molecule has 8 nitrogen and oxygen atoms in total. The third kappa shape index (κ3) is 6.06. The normalized spacial score (nSPS) is 14.6. The number of carbonyl (C=O) groups is 2. The van der Waals surface area contributed by atoms with Crippen molar-refractivity contribution in [1.29, 1.82) is 0 Å². The van der Waals surface area contributed by atoms with Gasteiger partial charge in [0, 0.05) is 25.2 Å². The summed E-state index contributed by atoms with van der Waals surface area (Å²) in [5, 5.41) is 29.3. The van der Waals surface area contributed by atoms with Gasteiger partial charge in [-0.1, -0.05) is 38.1 Å². The summed E-state index contributed by atoms with van der Waals surface area (Å²) in [5.74, 6) is -1.32. The zero-order chi connectivity index (χ0) is 26.7. The molecule has 0 unspecified atom stereocenters. The number of aromatic nitrogens is 2. The van der Waals surface area contributed by atoms with Crippen LogP contribution in [0.5, 0.6) is 0 Å². The molecule has 37 heavy (non-hydrogen) atoms. The van der Waals surface area contributed by atoms with Crippen LogP contribution < -0.4 is 0 Å². The predicted molar refractivity (Wildman–Crippen MR) is 135 cm³/mol. The van der Waals surface area contributed by atoms with Crippen LogP contribution in [-0.4, -0.2) is 53.9 Å². The van der Waals surface area contributed by atoms with Crippen LogP contribution in [0.2, 0.25) is 0 Å². The van der Waals surface area contributed by atoms with Crippen LogP contribution in [0.25, 0.3) is 11.4 Å². The maximum absolute atomic E-state index is 13.7. The van der Waals surface area contributed by atoms with Crippen molar-refractivity contribution >= 4 is 11.9 Å². The lowest BCUT2D eigenvalue weighted by molar-refractivity contribution is -0.139. The minimum atomic E-state index is -1.16. The van der Waals surface area contributed by atoms with Crippen LogP contribution >= 0.6 is 0 Å². The van der Waals surface area contributed by atoms with E-state index >= 15 is 0 Å². The van der Waals surface area contributed by atoms with E-state index in [9.17, 15) is 24.2 Å². The fourth-order valence-corrected chi connectivity index (χ4v) is 4.88. The average Bonchev–Trinajstić information content (AvgIpc) is 3.44. The zero-order valence-corrected chi connectivity index (χ0v) is 21.0. The summed E-state index contributed by atoms with van der Waals surface area (Å²) in [6.45, 7) is 5.19. The van der Waals surface area contributed by atoms with Gasteiger partial charge in [0.1, 0.15) is 11.6 Å². The van der Waals surface area contributed by atoms with E-state index in [1.165, 1.54) is 12.1 Å². The van der Waals surface area contributed by atoms with Crippen LogP contribution in [0.15, 0.2) is 48.5 Å². The number of aliphatic carboxylic acids is 1. The Balaban J connectivity index is 1.66. The summed E-state index contributed by atoms with van der Waals surface area (Å²) >= 11 is 0. The Morgan fingerprint density at radius 3 is 2.19 bits per heavy atom. The molecule has 0 saturated carbocycles. The van der Waals surface area contributed by atoms with Crippen LogP contribution in [0, 0.1) is 5.82 Å². The lowest BCUT2D eigenvalue weighted by atomic mass is 10.0. The van der Waals surface area contributed by atoms with Crippen molar-refractivity contribution in [3.63, 3.8) is 0 Å². The molecule has 0 aliphatic carbocycles. The number of fused-ring (bicyclic) bond motifs is 1. The van der Waals surface area contributed by atoms with Gasteiger partial charge in [0.15, 0.2) is 5.69 Å². The van der Waals surface area contributed by atoms with Gasteiger partial charge >= 0.3 is 5.97 Å². The van der Waals surface area contributed by atoms with Crippen LogP contribution in [0.3, 0.4) is 0 Å². The Kier molecular flexibility index (Phi) is 8.04. The van der Waals surface area contributed by atoms with E-state index in [2.05, 4.69) is 0 Å². The molecule has 0 saturated heterocycles. The number of hydrogen-bond acceptors (Lipinski definition) is 5. The van der Waals surface area contributed by atoms with Gasteiger partial charge in [-0.05, 0) is 54.2 Å². The number of carbonyl (C=O) groups excluding carboxylic acids is 1. The first-order valence-electron chi connectivity index (χ1n) is 12.4. The highest BCUT2D eigenvalue weighted by molar-refractivity contribution is 5.95. The molecular weight excluding hydrogens is 477 g/mol. The summed E-state index contributed by atoms with van der Waals surface area (Å²) in [7, 11) is 0. The van der Waals surface area contributed by atoms with Gasteiger partial charge in [-0.25, -0.2) is 9.37 Å². The smallest absolute Gasteiger partial charge is 0.305 e. The zero-order valence-electron chi connectivity index (χ0n) is 21.0. The highest BCUT2D eigenvalue weighted by atomic mass is 19.1. The highest BCUT2D eigenvalue weighted by Crippen LogP contribution is 2.32. The van der Waals surface area contributed by atoms with E-state index in [1.807, 2.05) is 42.7 Å². The number of halogens is 1. The minimum Gasteiger partial charge on any atom is -0.481 e. The SMILES string of the molecule is CC(C)c1c(C(=O)N2Cc3ccccc3C2)nc(-c2ccc(F)cc2)n1CC[C@@H](O)C[C@@H](O)CC(=O)O. The second-order valence-electron chi connectivity index (χ2n) is 9.84. The Hall–Kier alpha value is -3.56. The molecule has 0 bridgehead atoms. The fourth-order valence-electron chi connectivity index (χ4n) is 4.88. The van der Waals surface area contributed by atoms with Crippen LogP contribution in [-0.2, 0) is 24.4 Å². The van der Waals surface area contributed by atoms with Crippen molar-refractivity contribution in [2.75, 3.05) is 0 Å². The van der Waals surface area contributed by atoms with Gasteiger partial charge in [-0.15, -0.1) is 0 Å². The number of amides is 1. The maximum Gasteiger partial charge on any atom is 0.305 e. The first kappa shape index (κ1) is 26.5. The number of nitrogens with zero attached hydrogens (tertiary/aromatic N) is 3. The molecule has 1 aliphatic heterocycles. The Morgan fingerprint density at radius 1 is 1.00 bits per heavy atom. The molecule has 9 heteroatoms. The molecule has 0 spiro atoms. The standard InChI is InChI=1S/C28H32FN3O5/c1-17(2)26-25(28(37)31-15-19-5-3-4-6-20(19)16-31)30-27(18-7-9-21(29)10-8-18)32(26)12-11-22(33)13-23(34)14-24(35)36/h3-10,17,22-23,33-34H,11-16H2,1-2H3,(H,35,36)/t22-,23-/m1/s1. The summed E-state index contributed by atoms with van der Waals surface area (Å²) in [6.07, 6.45) is -2.43. The number of carboxylic acid groups (broad SMARTS) is 1. The summed E-state index contributed by atoms with van der Waals surface area (Å²) in [6, 6.07) is 13.8. The van der Waals surface area contributed by atoms with Crippen molar-refractivity contribution in [2.45, 2.75) is 70.9 Å². The predicted octanol–water partition coefficient (Wildman–Crippen LogP) is 3.95. The van der Waals surface area contributed by atoms with E-state index in [0.29, 0.717) is 35.9 Å². The number of hydrogen-bond donors (Lipinski definition) is 3. The topological polar surface area (TPSA) is 116 Å². The summed E-state index contributed by atoms with van der Waals surface area (Å²) in [5.41, 5.74) is 3.86. The van der Waals surface area contributed by atoms with Gasteiger partial charge in [-0.2, -0.15) is 0 Å². The second-order valence-corrected chi connectivity index (χ2v) is 9.84. The largest absolute Gasteiger partial charge is 0.481 e. The maximum atomic E-state index is 13.7. The van der Waals surface area contributed by atoms with Crippen LogP contribution in [0.1, 0.15) is 66.3 Å². The van der Waals surface area contributed by atoms with E-state index in [-0.39, 0.29) is 37.0 Å². The number of imidazole rings is 1. The minimum absolute atomic E-state index is 0.0816. The first-order valence-corrected chi connectivity index (χ1v) is 12.4. The van der Waals surface area contributed by atoms with Gasteiger partial charge in [0.25, 0.3) is 5.91 Å². The molecule has 2 atom stereocenters. The molecule has 2 heterocycles. The molecule has 1 aromatic heterocycles. The molecule has 0 radical (unpaired) electrons. The van der Waals surface area contributed by atoms with Gasteiger partial charge in [-0.3, -0.25) is 9.59 Å². The number of aliphatic hydroxyl groups is 2.